The molecular weight excluding hydrogens is 337 g/mol. The van der Waals surface area contributed by atoms with E-state index in [4.69, 9.17) is 4.74 Å². The SMILES string of the molecule is CC(C)(C)OC(=O)NCCc1ccc(I)s1. The Morgan fingerprint density at radius 2 is 2.19 bits per heavy atom. The topological polar surface area (TPSA) is 38.3 Å². The molecule has 3 nitrogen and oxygen atoms in total. The summed E-state index contributed by atoms with van der Waals surface area (Å²) in [7, 11) is 0. The third-order valence-corrected chi connectivity index (χ3v) is 3.62. The lowest BCUT2D eigenvalue weighted by atomic mass is 10.2. The van der Waals surface area contributed by atoms with Gasteiger partial charge in [-0.1, -0.05) is 0 Å². The number of rotatable bonds is 3. The van der Waals surface area contributed by atoms with Crippen LogP contribution >= 0.6 is 33.9 Å². The first-order valence-electron chi connectivity index (χ1n) is 5.08. The highest BCUT2D eigenvalue weighted by Gasteiger charge is 2.15. The summed E-state index contributed by atoms with van der Waals surface area (Å²) in [6, 6.07) is 4.16. The van der Waals surface area contributed by atoms with Crippen LogP contribution in [0.2, 0.25) is 0 Å². The van der Waals surface area contributed by atoms with Crippen molar-refractivity contribution in [1.82, 2.24) is 5.32 Å². The van der Waals surface area contributed by atoms with Crippen molar-refractivity contribution in [3.63, 3.8) is 0 Å². The Morgan fingerprint density at radius 3 is 2.69 bits per heavy atom. The van der Waals surface area contributed by atoms with Gasteiger partial charge in [0.15, 0.2) is 0 Å². The summed E-state index contributed by atoms with van der Waals surface area (Å²) in [5.41, 5.74) is -0.428. The molecule has 0 saturated carbocycles. The predicted octanol–water partition coefficient (Wildman–Crippen LogP) is 3.42. The van der Waals surface area contributed by atoms with E-state index in [1.165, 1.54) is 7.76 Å². The third kappa shape index (κ3) is 5.69. The number of ether oxygens (including phenoxy) is 1. The first kappa shape index (κ1) is 13.8. The maximum atomic E-state index is 11.3. The Morgan fingerprint density at radius 1 is 1.50 bits per heavy atom. The van der Waals surface area contributed by atoms with Crippen molar-refractivity contribution >= 4 is 40.0 Å². The van der Waals surface area contributed by atoms with Gasteiger partial charge < -0.3 is 10.1 Å². The van der Waals surface area contributed by atoms with E-state index in [9.17, 15) is 4.79 Å². The minimum Gasteiger partial charge on any atom is -0.444 e. The highest BCUT2D eigenvalue weighted by atomic mass is 127. The van der Waals surface area contributed by atoms with E-state index in [2.05, 4.69) is 40.0 Å². The largest absolute Gasteiger partial charge is 0.444 e. The Kier molecular flexibility index (Phi) is 5.04. The Hall–Kier alpha value is -0.300. The second kappa shape index (κ2) is 5.86. The van der Waals surface area contributed by atoms with Crippen LogP contribution in [0.15, 0.2) is 12.1 Å². The van der Waals surface area contributed by atoms with Gasteiger partial charge >= 0.3 is 6.09 Å². The summed E-state index contributed by atoms with van der Waals surface area (Å²) >= 11 is 4.04. The molecule has 1 amide bonds. The molecule has 0 fully saturated rings. The van der Waals surface area contributed by atoms with E-state index < -0.39 is 5.60 Å². The Balaban J connectivity index is 2.23. The van der Waals surface area contributed by atoms with Crippen LogP contribution in [0.3, 0.4) is 0 Å². The van der Waals surface area contributed by atoms with Crippen LogP contribution in [-0.2, 0) is 11.2 Å². The third-order valence-electron chi connectivity index (χ3n) is 1.67. The number of carbonyl (C=O) groups excluding carboxylic acids is 1. The molecule has 0 aliphatic rings. The van der Waals surface area contributed by atoms with Crippen LogP contribution in [0, 0.1) is 2.88 Å². The van der Waals surface area contributed by atoms with Crippen LogP contribution in [0.5, 0.6) is 0 Å². The molecule has 0 aliphatic heterocycles. The van der Waals surface area contributed by atoms with Gasteiger partial charge in [0.1, 0.15) is 5.60 Å². The number of nitrogens with one attached hydrogen (secondary N) is 1. The van der Waals surface area contributed by atoms with Gasteiger partial charge in [0.25, 0.3) is 0 Å². The zero-order valence-electron chi connectivity index (χ0n) is 9.67. The second-order valence-corrected chi connectivity index (χ2v) is 7.45. The fraction of sp³-hybridized carbons (Fsp3) is 0.545. The van der Waals surface area contributed by atoms with Crippen LogP contribution in [0.1, 0.15) is 25.6 Å². The molecule has 1 aromatic rings. The standard InChI is InChI=1S/C11H16INO2S/c1-11(2,3)15-10(14)13-7-6-8-4-5-9(12)16-8/h4-5H,6-7H2,1-3H3,(H,13,14). The van der Waals surface area contributed by atoms with Crippen molar-refractivity contribution < 1.29 is 9.53 Å². The smallest absolute Gasteiger partial charge is 0.407 e. The summed E-state index contributed by atoms with van der Waals surface area (Å²) in [5.74, 6) is 0. The van der Waals surface area contributed by atoms with Crippen molar-refractivity contribution in [1.29, 1.82) is 0 Å². The van der Waals surface area contributed by atoms with E-state index in [1.807, 2.05) is 20.8 Å². The van der Waals surface area contributed by atoms with E-state index >= 15 is 0 Å². The maximum absolute atomic E-state index is 11.3. The molecule has 1 N–H and O–H groups in total. The van der Waals surface area contributed by atoms with Crippen molar-refractivity contribution in [2.24, 2.45) is 0 Å². The van der Waals surface area contributed by atoms with Gasteiger partial charge in [-0.25, -0.2) is 4.79 Å². The fourth-order valence-corrected chi connectivity index (χ4v) is 2.84. The fourth-order valence-electron chi connectivity index (χ4n) is 1.09. The number of hydrogen-bond donors (Lipinski definition) is 1. The quantitative estimate of drug-likeness (QED) is 0.846. The molecule has 90 valence electrons. The lowest BCUT2D eigenvalue weighted by Crippen LogP contribution is -2.33. The number of halogens is 1. The Bertz CT molecular complexity index is 357. The zero-order chi connectivity index (χ0) is 12.2. The van der Waals surface area contributed by atoms with Gasteiger partial charge in [0.05, 0.1) is 2.88 Å². The summed E-state index contributed by atoms with van der Waals surface area (Å²) in [5, 5.41) is 2.74. The molecule has 1 rings (SSSR count). The van der Waals surface area contributed by atoms with Crippen LogP contribution < -0.4 is 5.32 Å². The zero-order valence-corrected chi connectivity index (χ0v) is 12.6. The molecule has 0 aromatic carbocycles. The van der Waals surface area contributed by atoms with Crippen molar-refractivity contribution in [3.8, 4) is 0 Å². The minimum atomic E-state index is -0.428. The molecule has 0 spiro atoms. The number of hydrogen-bond acceptors (Lipinski definition) is 3. The first-order chi connectivity index (χ1) is 7.37. The second-order valence-electron chi connectivity index (χ2n) is 4.38. The monoisotopic (exact) mass is 353 g/mol. The normalized spacial score (nSPS) is 11.2. The van der Waals surface area contributed by atoms with Gasteiger partial charge in [0, 0.05) is 11.4 Å². The van der Waals surface area contributed by atoms with Crippen LogP contribution in [0.4, 0.5) is 4.79 Å². The number of carbonyl (C=O) groups is 1. The molecule has 5 heteroatoms. The van der Waals surface area contributed by atoms with Crippen LogP contribution in [0.25, 0.3) is 0 Å². The van der Waals surface area contributed by atoms with Crippen molar-refractivity contribution in [2.45, 2.75) is 32.8 Å². The number of thiophene rings is 1. The van der Waals surface area contributed by atoms with Gasteiger partial charge in [-0.2, -0.15) is 0 Å². The highest BCUT2D eigenvalue weighted by Crippen LogP contribution is 2.18. The summed E-state index contributed by atoms with van der Waals surface area (Å²) < 4.78 is 6.40. The summed E-state index contributed by atoms with van der Waals surface area (Å²) in [4.78, 5) is 12.6. The summed E-state index contributed by atoms with van der Waals surface area (Å²) in [6.07, 6.45) is 0.506. The van der Waals surface area contributed by atoms with E-state index in [-0.39, 0.29) is 6.09 Å². The molecule has 0 aliphatic carbocycles. The average molecular weight is 353 g/mol. The minimum absolute atomic E-state index is 0.348. The number of alkyl carbamates (subject to hydrolysis) is 1. The molecule has 0 radical (unpaired) electrons. The summed E-state index contributed by atoms with van der Waals surface area (Å²) in [6.45, 7) is 6.18. The van der Waals surface area contributed by atoms with Gasteiger partial charge in [-0.15, -0.1) is 11.3 Å². The van der Waals surface area contributed by atoms with Gasteiger partial charge in [0.2, 0.25) is 0 Å². The van der Waals surface area contributed by atoms with Crippen LogP contribution in [-0.4, -0.2) is 18.2 Å². The first-order valence-corrected chi connectivity index (χ1v) is 6.97. The molecule has 1 heterocycles. The van der Waals surface area contributed by atoms with Gasteiger partial charge in [-0.05, 0) is 61.9 Å². The van der Waals surface area contributed by atoms with E-state index in [0.29, 0.717) is 6.54 Å². The van der Waals surface area contributed by atoms with E-state index in [1.54, 1.807) is 11.3 Å². The molecule has 0 unspecified atom stereocenters. The van der Waals surface area contributed by atoms with Gasteiger partial charge in [-0.3, -0.25) is 0 Å². The predicted molar refractivity (Wildman–Crippen MR) is 75.0 cm³/mol. The molecule has 1 aromatic heterocycles. The molecule has 0 bridgehead atoms. The van der Waals surface area contributed by atoms with Crippen molar-refractivity contribution in [2.75, 3.05) is 6.54 Å². The maximum Gasteiger partial charge on any atom is 0.407 e. The lowest BCUT2D eigenvalue weighted by molar-refractivity contribution is 0.0528. The lowest BCUT2D eigenvalue weighted by Gasteiger charge is -2.19. The van der Waals surface area contributed by atoms with Crippen molar-refractivity contribution in [3.05, 3.63) is 19.9 Å². The molecule has 0 saturated heterocycles. The average Bonchev–Trinajstić information content (AvgIpc) is 2.48. The Labute approximate surface area is 114 Å². The number of amides is 1. The molecule has 16 heavy (non-hydrogen) atoms. The molecular formula is C11H16INO2S. The highest BCUT2D eigenvalue weighted by molar-refractivity contribution is 14.1. The van der Waals surface area contributed by atoms with E-state index in [0.717, 1.165) is 6.42 Å². The molecule has 0 atom stereocenters.